The largest absolute Gasteiger partial charge is 0.328 e. The van der Waals surface area contributed by atoms with Gasteiger partial charge in [-0.05, 0) is 24.7 Å². The summed E-state index contributed by atoms with van der Waals surface area (Å²) in [6.07, 6.45) is 3.37. The van der Waals surface area contributed by atoms with E-state index in [-0.39, 0.29) is 6.04 Å². The van der Waals surface area contributed by atoms with Crippen LogP contribution in [0, 0.1) is 11.8 Å². The number of rotatable bonds is 4. The van der Waals surface area contributed by atoms with Gasteiger partial charge < -0.3 is 4.90 Å². The molecule has 1 aliphatic carbocycles. The van der Waals surface area contributed by atoms with E-state index in [1.165, 1.54) is 6.42 Å². The fourth-order valence-electron chi connectivity index (χ4n) is 2.21. The second kappa shape index (κ2) is 3.89. The summed E-state index contributed by atoms with van der Waals surface area (Å²) in [6.45, 7) is 6.14. The van der Waals surface area contributed by atoms with Crippen LogP contribution < -0.4 is 5.32 Å². The molecule has 0 aromatic carbocycles. The van der Waals surface area contributed by atoms with E-state index in [0.29, 0.717) is 5.91 Å². The number of carbonyl (C=O) groups excluding carboxylic acids is 1. The third-order valence-corrected chi connectivity index (χ3v) is 3.45. The molecule has 3 atom stereocenters. The highest BCUT2D eigenvalue weighted by molar-refractivity contribution is 5.83. The molecule has 2 fully saturated rings. The fraction of sp³-hybridized carbons (Fsp3) is 0.909. The predicted octanol–water partition coefficient (Wildman–Crippen LogP) is 1.20. The van der Waals surface area contributed by atoms with Crippen molar-refractivity contribution < 1.29 is 4.79 Å². The topological polar surface area (TPSA) is 32.3 Å². The number of hydrogen-bond donors (Lipinski definition) is 1. The minimum Gasteiger partial charge on any atom is -0.328 e. The molecule has 1 N–H and O–H groups in total. The summed E-state index contributed by atoms with van der Waals surface area (Å²) in [7, 11) is 0. The Hall–Kier alpha value is -0.570. The Morgan fingerprint density at radius 1 is 1.57 bits per heavy atom. The summed E-state index contributed by atoms with van der Waals surface area (Å²) in [5.41, 5.74) is 0. The normalized spacial score (nSPS) is 36.6. The predicted molar refractivity (Wildman–Crippen MR) is 55.7 cm³/mol. The molecule has 2 rings (SSSR count). The highest BCUT2D eigenvalue weighted by atomic mass is 16.2. The van der Waals surface area contributed by atoms with Gasteiger partial charge in [-0.25, -0.2) is 0 Å². The Morgan fingerprint density at radius 2 is 2.29 bits per heavy atom. The Morgan fingerprint density at radius 3 is 2.86 bits per heavy atom. The molecule has 1 saturated carbocycles. The molecule has 2 aliphatic rings. The molecule has 1 saturated heterocycles. The molecule has 3 unspecified atom stereocenters. The number of nitrogens with one attached hydrogen (secondary N) is 1. The Balaban J connectivity index is 1.81. The van der Waals surface area contributed by atoms with Crippen molar-refractivity contribution in [3.63, 3.8) is 0 Å². The summed E-state index contributed by atoms with van der Waals surface area (Å²) >= 11 is 0. The first-order valence-corrected chi connectivity index (χ1v) is 5.74. The Labute approximate surface area is 85.8 Å². The molecule has 0 radical (unpaired) electrons. The van der Waals surface area contributed by atoms with Gasteiger partial charge in [-0.1, -0.05) is 20.3 Å². The lowest BCUT2D eigenvalue weighted by Gasteiger charge is -2.14. The first kappa shape index (κ1) is 9.97. The lowest BCUT2D eigenvalue weighted by Crippen LogP contribution is -2.31. The Bertz CT molecular complexity index is 229. The van der Waals surface area contributed by atoms with Crippen LogP contribution in [-0.4, -0.2) is 30.1 Å². The maximum Gasteiger partial charge on any atom is 0.240 e. The molecule has 14 heavy (non-hydrogen) atoms. The molecule has 1 aliphatic heterocycles. The van der Waals surface area contributed by atoms with E-state index in [0.717, 1.165) is 37.9 Å². The maximum absolute atomic E-state index is 11.8. The number of hydrogen-bond acceptors (Lipinski definition) is 2. The molecular weight excluding hydrogens is 176 g/mol. The average Bonchev–Trinajstić information content (AvgIpc) is 2.75. The second-order valence-corrected chi connectivity index (χ2v) is 4.74. The van der Waals surface area contributed by atoms with Crippen molar-refractivity contribution in [3.05, 3.63) is 0 Å². The van der Waals surface area contributed by atoms with Crippen LogP contribution in [0.5, 0.6) is 0 Å². The number of nitrogens with zero attached hydrogens (tertiary/aromatic N) is 1. The second-order valence-electron chi connectivity index (χ2n) is 4.74. The molecular formula is C11H20N2O. The van der Waals surface area contributed by atoms with Gasteiger partial charge in [-0.15, -0.1) is 0 Å². The van der Waals surface area contributed by atoms with Gasteiger partial charge in [0.15, 0.2) is 0 Å². The van der Waals surface area contributed by atoms with E-state index >= 15 is 0 Å². The van der Waals surface area contributed by atoms with Crippen LogP contribution in [0.25, 0.3) is 0 Å². The van der Waals surface area contributed by atoms with Crippen molar-refractivity contribution in [3.8, 4) is 0 Å². The van der Waals surface area contributed by atoms with Gasteiger partial charge in [-0.2, -0.15) is 0 Å². The van der Waals surface area contributed by atoms with Crippen LogP contribution >= 0.6 is 0 Å². The van der Waals surface area contributed by atoms with Crippen LogP contribution in [-0.2, 0) is 4.79 Å². The minimum absolute atomic E-state index is 0.106. The molecule has 0 bridgehead atoms. The van der Waals surface area contributed by atoms with Gasteiger partial charge >= 0.3 is 0 Å². The molecule has 0 aromatic rings. The lowest BCUT2D eigenvalue weighted by molar-refractivity contribution is -0.129. The van der Waals surface area contributed by atoms with E-state index in [2.05, 4.69) is 19.2 Å². The van der Waals surface area contributed by atoms with Crippen LogP contribution in [0.3, 0.4) is 0 Å². The van der Waals surface area contributed by atoms with Gasteiger partial charge in [0.25, 0.3) is 0 Å². The monoisotopic (exact) mass is 196 g/mol. The molecule has 1 heterocycles. The van der Waals surface area contributed by atoms with E-state index in [1.807, 2.05) is 4.90 Å². The molecule has 3 nitrogen and oxygen atoms in total. The quantitative estimate of drug-likeness (QED) is 0.732. The number of carbonyl (C=O) groups is 1. The average molecular weight is 196 g/mol. The van der Waals surface area contributed by atoms with Gasteiger partial charge in [0.05, 0.1) is 12.7 Å². The van der Waals surface area contributed by atoms with E-state index in [1.54, 1.807) is 0 Å². The number of amides is 1. The summed E-state index contributed by atoms with van der Waals surface area (Å²) in [5.74, 6) is 1.94. The van der Waals surface area contributed by atoms with Gasteiger partial charge in [0.2, 0.25) is 5.91 Å². The van der Waals surface area contributed by atoms with Crippen molar-refractivity contribution in [1.29, 1.82) is 0 Å². The Kier molecular flexibility index (Phi) is 2.77. The summed E-state index contributed by atoms with van der Waals surface area (Å²) in [6, 6.07) is 0.106. The zero-order valence-corrected chi connectivity index (χ0v) is 9.12. The highest BCUT2D eigenvalue weighted by Crippen LogP contribution is 2.38. The van der Waals surface area contributed by atoms with Crippen molar-refractivity contribution in [2.75, 3.05) is 13.2 Å². The van der Waals surface area contributed by atoms with E-state index in [9.17, 15) is 4.79 Å². The van der Waals surface area contributed by atoms with Crippen molar-refractivity contribution in [1.82, 2.24) is 10.2 Å². The van der Waals surface area contributed by atoms with Crippen LogP contribution in [0.15, 0.2) is 0 Å². The summed E-state index contributed by atoms with van der Waals surface area (Å²) in [4.78, 5) is 13.8. The van der Waals surface area contributed by atoms with Crippen molar-refractivity contribution in [2.45, 2.75) is 39.2 Å². The molecule has 0 spiro atoms. The lowest BCUT2D eigenvalue weighted by atomic mass is 10.1. The van der Waals surface area contributed by atoms with Crippen LogP contribution in [0.4, 0.5) is 0 Å². The third kappa shape index (κ3) is 1.92. The fourth-order valence-corrected chi connectivity index (χ4v) is 2.21. The molecule has 0 aromatic heterocycles. The summed E-state index contributed by atoms with van der Waals surface area (Å²) in [5, 5.41) is 3.28. The van der Waals surface area contributed by atoms with Crippen molar-refractivity contribution in [2.24, 2.45) is 11.8 Å². The van der Waals surface area contributed by atoms with Gasteiger partial charge in [-0.3, -0.25) is 10.1 Å². The standard InChI is InChI=1S/C11H20N2O/c1-3-4-10-11(14)13(7-12-10)6-9-5-8(9)2/h8-10,12H,3-7H2,1-2H3. The van der Waals surface area contributed by atoms with Crippen LogP contribution in [0.1, 0.15) is 33.1 Å². The zero-order valence-electron chi connectivity index (χ0n) is 9.12. The highest BCUT2D eigenvalue weighted by Gasteiger charge is 2.38. The first-order chi connectivity index (χ1) is 6.72. The summed E-state index contributed by atoms with van der Waals surface area (Å²) < 4.78 is 0. The molecule has 1 amide bonds. The zero-order chi connectivity index (χ0) is 10.1. The maximum atomic E-state index is 11.8. The van der Waals surface area contributed by atoms with Gasteiger partial charge in [0, 0.05) is 6.54 Å². The van der Waals surface area contributed by atoms with E-state index < -0.39 is 0 Å². The third-order valence-electron chi connectivity index (χ3n) is 3.45. The van der Waals surface area contributed by atoms with Crippen molar-refractivity contribution >= 4 is 5.91 Å². The van der Waals surface area contributed by atoms with E-state index in [4.69, 9.17) is 0 Å². The van der Waals surface area contributed by atoms with Crippen LogP contribution in [0.2, 0.25) is 0 Å². The molecule has 80 valence electrons. The first-order valence-electron chi connectivity index (χ1n) is 5.74. The minimum atomic E-state index is 0.106. The van der Waals surface area contributed by atoms with Gasteiger partial charge in [0.1, 0.15) is 0 Å². The smallest absolute Gasteiger partial charge is 0.240 e. The molecule has 3 heteroatoms. The SMILES string of the molecule is CCCC1NCN(CC2CC2C)C1=O.